The van der Waals surface area contributed by atoms with Crippen LogP contribution in [0.25, 0.3) is 10.9 Å². The van der Waals surface area contributed by atoms with Crippen molar-refractivity contribution in [3.8, 4) is 0 Å². The van der Waals surface area contributed by atoms with Crippen LogP contribution in [0.4, 0.5) is 0 Å². The highest BCUT2D eigenvalue weighted by Crippen LogP contribution is 2.15. The summed E-state index contributed by atoms with van der Waals surface area (Å²) in [5.41, 5.74) is 2.71. The highest BCUT2D eigenvalue weighted by Gasteiger charge is 2.08. The van der Waals surface area contributed by atoms with E-state index in [2.05, 4.69) is 18.8 Å². The van der Waals surface area contributed by atoms with Crippen LogP contribution in [0.5, 0.6) is 0 Å². The van der Waals surface area contributed by atoms with Gasteiger partial charge in [-0.3, -0.25) is 14.2 Å². The standard InChI is InChI=1S/C21H22N2O3/c1-15(2)17-9-7-16(8-10-17)13-26-20(24)11-12-23-14-22-19-6-4-3-5-18(19)21(23)25/h3-10,14-15H,11-13H2,1-2H3. The smallest absolute Gasteiger partial charge is 0.307 e. The molecule has 2 aromatic carbocycles. The second-order valence-corrected chi connectivity index (χ2v) is 6.57. The average molecular weight is 350 g/mol. The molecule has 0 atom stereocenters. The Kier molecular flexibility index (Phi) is 5.46. The molecule has 0 aliphatic carbocycles. The van der Waals surface area contributed by atoms with Gasteiger partial charge >= 0.3 is 5.97 Å². The molecule has 0 saturated heterocycles. The molecule has 0 aliphatic heterocycles. The minimum atomic E-state index is -0.335. The lowest BCUT2D eigenvalue weighted by Gasteiger charge is -2.09. The Morgan fingerprint density at radius 1 is 1.12 bits per heavy atom. The number of aromatic nitrogens is 2. The van der Waals surface area contributed by atoms with Gasteiger partial charge in [-0.05, 0) is 29.2 Å². The molecule has 0 saturated carbocycles. The molecule has 0 radical (unpaired) electrons. The van der Waals surface area contributed by atoms with Crippen LogP contribution in [-0.2, 0) is 22.7 Å². The lowest BCUT2D eigenvalue weighted by Crippen LogP contribution is -2.22. The lowest BCUT2D eigenvalue weighted by atomic mass is 10.0. The van der Waals surface area contributed by atoms with Crippen molar-refractivity contribution in [1.82, 2.24) is 9.55 Å². The summed E-state index contributed by atoms with van der Waals surface area (Å²) in [7, 11) is 0. The second-order valence-electron chi connectivity index (χ2n) is 6.57. The fraction of sp³-hybridized carbons (Fsp3) is 0.286. The predicted octanol–water partition coefficient (Wildman–Crippen LogP) is 3.65. The van der Waals surface area contributed by atoms with Gasteiger partial charge in [-0.1, -0.05) is 50.2 Å². The number of rotatable bonds is 6. The number of esters is 1. The van der Waals surface area contributed by atoms with Gasteiger partial charge in [-0.15, -0.1) is 0 Å². The summed E-state index contributed by atoms with van der Waals surface area (Å²) >= 11 is 0. The Morgan fingerprint density at radius 3 is 2.58 bits per heavy atom. The summed E-state index contributed by atoms with van der Waals surface area (Å²) in [5, 5.41) is 0.550. The van der Waals surface area contributed by atoms with Crippen molar-refractivity contribution in [3.63, 3.8) is 0 Å². The Bertz CT molecular complexity index is 959. The summed E-state index contributed by atoms with van der Waals surface area (Å²) in [6.45, 7) is 4.76. The van der Waals surface area contributed by atoms with Gasteiger partial charge in [-0.2, -0.15) is 0 Å². The fourth-order valence-electron chi connectivity index (χ4n) is 2.71. The first kappa shape index (κ1) is 17.9. The molecule has 5 heteroatoms. The number of hydrogen-bond acceptors (Lipinski definition) is 4. The fourth-order valence-corrected chi connectivity index (χ4v) is 2.71. The average Bonchev–Trinajstić information content (AvgIpc) is 2.66. The van der Waals surface area contributed by atoms with E-state index in [1.165, 1.54) is 16.5 Å². The van der Waals surface area contributed by atoms with Crippen LogP contribution in [0.3, 0.4) is 0 Å². The maximum atomic E-state index is 12.4. The normalized spacial score (nSPS) is 11.0. The van der Waals surface area contributed by atoms with E-state index in [4.69, 9.17) is 4.74 Å². The summed E-state index contributed by atoms with van der Waals surface area (Å²) < 4.78 is 6.75. The molecule has 0 unspecified atom stereocenters. The van der Waals surface area contributed by atoms with Crippen molar-refractivity contribution >= 4 is 16.9 Å². The number of aryl methyl sites for hydroxylation is 1. The minimum Gasteiger partial charge on any atom is -0.461 e. The topological polar surface area (TPSA) is 61.2 Å². The molecule has 26 heavy (non-hydrogen) atoms. The minimum absolute atomic E-state index is 0.129. The first-order valence-corrected chi connectivity index (χ1v) is 8.73. The maximum absolute atomic E-state index is 12.4. The number of fused-ring (bicyclic) bond motifs is 1. The second kappa shape index (κ2) is 7.95. The number of para-hydroxylation sites is 1. The van der Waals surface area contributed by atoms with Gasteiger partial charge in [0.2, 0.25) is 0 Å². The van der Waals surface area contributed by atoms with E-state index in [-0.39, 0.29) is 31.1 Å². The Hall–Kier alpha value is -2.95. The van der Waals surface area contributed by atoms with Crippen molar-refractivity contribution in [2.75, 3.05) is 0 Å². The molecule has 1 aromatic heterocycles. The number of benzene rings is 2. The van der Waals surface area contributed by atoms with Gasteiger partial charge in [0.05, 0.1) is 23.7 Å². The Balaban J connectivity index is 1.56. The van der Waals surface area contributed by atoms with Crippen molar-refractivity contribution in [2.24, 2.45) is 0 Å². The van der Waals surface area contributed by atoms with Gasteiger partial charge in [-0.25, -0.2) is 4.98 Å². The third kappa shape index (κ3) is 4.17. The van der Waals surface area contributed by atoms with Gasteiger partial charge in [0.15, 0.2) is 0 Å². The molecule has 0 N–H and O–H groups in total. The zero-order valence-electron chi connectivity index (χ0n) is 15.0. The van der Waals surface area contributed by atoms with Crippen LogP contribution < -0.4 is 5.56 Å². The molecule has 0 spiro atoms. The van der Waals surface area contributed by atoms with Gasteiger partial charge in [0.1, 0.15) is 6.61 Å². The summed E-state index contributed by atoms with van der Waals surface area (Å²) in [4.78, 5) is 28.6. The van der Waals surface area contributed by atoms with Crippen LogP contribution in [-0.4, -0.2) is 15.5 Å². The van der Waals surface area contributed by atoms with Crippen LogP contribution >= 0.6 is 0 Å². The molecule has 3 rings (SSSR count). The molecular weight excluding hydrogens is 328 g/mol. The van der Waals surface area contributed by atoms with E-state index in [9.17, 15) is 9.59 Å². The molecule has 0 amide bonds. The van der Waals surface area contributed by atoms with Crippen LogP contribution in [0.15, 0.2) is 59.7 Å². The van der Waals surface area contributed by atoms with Crippen molar-refractivity contribution in [1.29, 1.82) is 0 Å². The number of nitrogens with zero attached hydrogens (tertiary/aromatic N) is 2. The van der Waals surface area contributed by atoms with Crippen molar-refractivity contribution in [3.05, 3.63) is 76.3 Å². The van der Waals surface area contributed by atoms with Crippen molar-refractivity contribution in [2.45, 2.75) is 39.3 Å². The van der Waals surface area contributed by atoms with Crippen LogP contribution in [0, 0.1) is 0 Å². The zero-order valence-corrected chi connectivity index (χ0v) is 15.0. The first-order chi connectivity index (χ1) is 12.5. The number of hydrogen-bond donors (Lipinski definition) is 0. The summed E-state index contributed by atoms with van der Waals surface area (Å²) in [6.07, 6.45) is 1.60. The van der Waals surface area contributed by atoms with Crippen LogP contribution in [0.2, 0.25) is 0 Å². The Labute approximate surface area is 152 Å². The number of carbonyl (C=O) groups excluding carboxylic acids is 1. The largest absolute Gasteiger partial charge is 0.461 e. The van der Waals surface area contributed by atoms with Crippen molar-refractivity contribution < 1.29 is 9.53 Å². The SMILES string of the molecule is CC(C)c1ccc(COC(=O)CCn2cnc3ccccc3c2=O)cc1. The molecule has 0 aliphatic rings. The summed E-state index contributed by atoms with van der Waals surface area (Å²) in [5.74, 6) is 0.137. The zero-order chi connectivity index (χ0) is 18.5. The van der Waals surface area contributed by atoms with Gasteiger partial charge in [0, 0.05) is 6.54 Å². The van der Waals surface area contributed by atoms with Gasteiger partial charge in [0.25, 0.3) is 5.56 Å². The monoisotopic (exact) mass is 350 g/mol. The van der Waals surface area contributed by atoms with E-state index in [0.717, 1.165) is 5.56 Å². The van der Waals surface area contributed by atoms with E-state index < -0.39 is 0 Å². The van der Waals surface area contributed by atoms with E-state index in [0.29, 0.717) is 16.8 Å². The van der Waals surface area contributed by atoms with E-state index in [1.54, 1.807) is 18.2 Å². The third-order valence-corrected chi connectivity index (χ3v) is 4.33. The molecule has 5 nitrogen and oxygen atoms in total. The third-order valence-electron chi connectivity index (χ3n) is 4.33. The highest BCUT2D eigenvalue weighted by atomic mass is 16.5. The van der Waals surface area contributed by atoms with Crippen LogP contribution in [0.1, 0.15) is 37.3 Å². The molecule has 1 heterocycles. The Morgan fingerprint density at radius 2 is 1.85 bits per heavy atom. The molecular formula is C21H22N2O3. The lowest BCUT2D eigenvalue weighted by molar-refractivity contribution is -0.145. The first-order valence-electron chi connectivity index (χ1n) is 8.73. The number of ether oxygens (including phenoxy) is 1. The molecule has 0 bridgehead atoms. The molecule has 134 valence electrons. The predicted molar refractivity (Wildman–Crippen MR) is 101 cm³/mol. The highest BCUT2D eigenvalue weighted by molar-refractivity contribution is 5.77. The van der Waals surface area contributed by atoms with E-state index >= 15 is 0 Å². The molecule has 0 fully saturated rings. The summed E-state index contributed by atoms with van der Waals surface area (Å²) in [6, 6.07) is 15.2. The number of carbonyl (C=O) groups is 1. The van der Waals surface area contributed by atoms with E-state index in [1.807, 2.05) is 30.3 Å². The maximum Gasteiger partial charge on any atom is 0.307 e. The quantitative estimate of drug-likeness (QED) is 0.637. The van der Waals surface area contributed by atoms with Gasteiger partial charge < -0.3 is 4.74 Å². The molecule has 3 aromatic rings.